The SMILES string of the molecule is CC(C)CN(C)C(=O)c1ccc(S(=O)(=O)NCc2ccco2)cc1. The van der Waals surface area contributed by atoms with Gasteiger partial charge >= 0.3 is 0 Å². The first-order valence-electron chi connectivity index (χ1n) is 7.67. The van der Waals surface area contributed by atoms with Crippen molar-refractivity contribution in [3.63, 3.8) is 0 Å². The van der Waals surface area contributed by atoms with Gasteiger partial charge in [0.15, 0.2) is 0 Å². The summed E-state index contributed by atoms with van der Waals surface area (Å²) in [5.41, 5.74) is 0.461. The second-order valence-corrected chi connectivity index (χ2v) is 7.77. The lowest BCUT2D eigenvalue weighted by Gasteiger charge is -2.19. The Labute approximate surface area is 142 Å². The Morgan fingerprint density at radius 1 is 1.21 bits per heavy atom. The van der Waals surface area contributed by atoms with Crippen LogP contribution in [0.15, 0.2) is 52.0 Å². The minimum atomic E-state index is -3.65. The van der Waals surface area contributed by atoms with Crippen LogP contribution in [-0.4, -0.2) is 32.8 Å². The van der Waals surface area contributed by atoms with Gasteiger partial charge in [0, 0.05) is 19.2 Å². The molecule has 0 saturated heterocycles. The second kappa shape index (κ2) is 7.63. The van der Waals surface area contributed by atoms with Crippen LogP contribution in [-0.2, 0) is 16.6 Å². The third-order valence-corrected chi connectivity index (χ3v) is 4.83. The molecule has 130 valence electrons. The summed E-state index contributed by atoms with van der Waals surface area (Å²) in [6.45, 7) is 4.78. The van der Waals surface area contributed by atoms with E-state index in [1.807, 2.05) is 13.8 Å². The number of rotatable bonds is 7. The normalized spacial score (nSPS) is 11.7. The third-order valence-electron chi connectivity index (χ3n) is 3.41. The molecule has 1 amide bonds. The molecule has 1 N–H and O–H groups in total. The standard InChI is InChI=1S/C17H22N2O4S/c1-13(2)12-19(3)17(20)14-6-8-16(9-7-14)24(21,22)18-11-15-5-4-10-23-15/h4-10,13,18H,11-12H2,1-3H3. The molecule has 0 unspecified atom stereocenters. The molecule has 0 aliphatic rings. The van der Waals surface area contributed by atoms with E-state index >= 15 is 0 Å². The van der Waals surface area contributed by atoms with Gasteiger partial charge in [-0.05, 0) is 42.3 Å². The smallest absolute Gasteiger partial charge is 0.253 e. The van der Waals surface area contributed by atoms with Crippen molar-refractivity contribution in [2.75, 3.05) is 13.6 Å². The zero-order valence-corrected chi connectivity index (χ0v) is 14.8. The van der Waals surface area contributed by atoms with Crippen LogP contribution < -0.4 is 4.72 Å². The lowest BCUT2D eigenvalue weighted by molar-refractivity contribution is 0.0779. The molecule has 0 bridgehead atoms. The van der Waals surface area contributed by atoms with Gasteiger partial charge in [0.25, 0.3) is 5.91 Å². The molecule has 0 atom stereocenters. The fourth-order valence-electron chi connectivity index (χ4n) is 2.29. The molecule has 0 aliphatic carbocycles. The summed E-state index contributed by atoms with van der Waals surface area (Å²) >= 11 is 0. The maximum atomic E-state index is 12.3. The maximum absolute atomic E-state index is 12.3. The number of sulfonamides is 1. The molecule has 1 heterocycles. The average molecular weight is 350 g/mol. The zero-order valence-electron chi connectivity index (χ0n) is 14.0. The van der Waals surface area contributed by atoms with E-state index in [0.717, 1.165) is 0 Å². The molecule has 0 spiro atoms. The van der Waals surface area contributed by atoms with Crippen molar-refractivity contribution in [1.29, 1.82) is 0 Å². The predicted octanol–water partition coefficient (Wildman–Crippen LogP) is 2.49. The van der Waals surface area contributed by atoms with E-state index in [2.05, 4.69) is 4.72 Å². The highest BCUT2D eigenvalue weighted by Crippen LogP contribution is 2.13. The summed E-state index contributed by atoms with van der Waals surface area (Å²) in [6.07, 6.45) is 1.48. The van der Waals surface area contributed by atoms with Crippen molar-refractivity contribution in [1.82, 2.24) is 9.62 Å². The van der Waals surface area contributed by atoms with Gasteiger partial charge < -0.3 is 9.32 Å². The molecule has 2 rings (SSSR count). The van der Waals surface area contributed by atoms with E-state index in [1.54, 1.807) is 24.1 Å². The number of carbonyl (C=O) groups excluding carboxylic acids is 1. The highest BCUT2D eigenvalue weighted by molar-refractivity contribution is 7.89. The van der Waals surface area contributed by atoms with Crippen molar-refractivity contribution in [2.45, 2.75) is 25.3 Å². The summed E-state index contributed by atoms with van der Waals surface area (Å²) in [5.74, 6) is 0.765. The average Bonchev–Trinajstić information content (AvgIpc) is 3.05. The van der Waals surface area contributed by atoms with Crippen molar-refractivity contribution >= 4 is 15.9 Å². The number of benzene rings is 1. The Morgan fingerprint density at radius 2 is 1.88 bits per heavy atom. The van der Waals surface area contributed by atoms with Crippen LogP contribution in [0.3, 0.4) is 0 Å². The first-order valence-corrected chi connectivity index (χ1v) is 9.15. The molecule has 6 nitrogen and oxygen atoms in total. The van der Waals surface area contributed by atoms with Gasteiger partial charge in [-0.3, -0.25) is 4.79 Å². The summed E-state index contributed by atoms with van der Waals surface area (Å²) < 4.78 is 32.0. The fourth-order valence-corrected chi connectivity index (χ4v) is 3.28. The van der Waals surface area contributed by atoms with E-state index in [0.29, 0.717) is 23.8 Å². The van der Waals surface area contributed by atoms with Crippen molar-refractivity contribution in [2.24, 2.45) is 5.92 Å². The molecule has 0 saturated carbocycles. The number of nitrogens with zero attached hydrogens (tertiary/aromatic N) is 1. The Bertz CT molecular complexity index is 765. The molecule has 1 aromatic carbocycles. The monoisotopic (exact) mass is 350 g/mol. The predicted molar refractivity (Wildman–Crippen MR) is 91.0 cm³/mol. The molecular formula is C17H22N2O4S. The molecular weight excluding hydrogens is 328 g/mol. The third kappa shape index (κ3) is 4.69. The van der Waals surface area contributed by atoms with Crippen LogP contribution in [0.2, 0.25) is 0 Å². The summed E-state index contributed by atoms with van der Waals surface area (Å²) in [4.78, 5) is 14.0. The Morgan fingerprint density at radius 3 is 2.42 bits per heavy atom. The lowest BCUT2D eigenvalue weighted by Crippen LogP contribution is -2.30. The number of carbonyl (C=O) groups is 1. The largest absolute Gasteiger partial charge is 0.468 e. The molecule has 0 radical (unpaired) electrons. The zero-order chi connectivity index (χ0) is 17.7. The van der Waals surface area contributed by atoms with Gasteiger partial charge in [-0.2, -0.15) is 0 Å². The number of furan rings is 1. The van der Waals surface area contributed by atoms with Gasteiger partial charge in [-0.15, -0.1) is 0 Å². The Balaban J connectivity index is 2.06. The van der Waals surface area contributed by atoms with Gasteiger partial charge in [-0.25, -0.2) is 13.1 Å². The first kappa shape index (κ1) is 18.2. The summed E-state index contributed by atoms with van der Waals surface area (Å²) in [5, 5.41) is 0. The molecule has 24 heavy (non-hydrogen) atoms. The topological polar surface area (TPSA) is 79.6 Å². The van der Waals surface area contributed by atoms with E-state index < -0.39 is 10.0 Å². The number of amides is 1. The number of hydrogen-bond donors (Lipinski definition) is 1. The maximum Gasteiger partial charge on any atom is 0.253 e. The van der Waals surface area contributed by atoms with Crippen LogP contribution in [0.1, 0.15) is 30.0 Å². The van der Waals surface area contributed by atoms with Gasteiger partial charge in [0.05, 0.1) is 17.7 Å². The summed E-state index contributed by atoms with van der Waals surface area (Å²) in [7, 11) is -1.92. The number of hydrogen-bond acceptors (Lipinski definition) is 4. The molecule has 1 aromatic heterocycles. The van der Waals surface area contributed by atoms with Crippen molar-refractivity contribution < 1.29 is 17.6 Å². The highest BCUT2D eigenvalue weighted by atomic mass is 32.2. The molecule has 0 fully saturated rings. The van der Waals surface area contributed by atoms with E-state index in [1.165, 1.54) is 30.5 Å². The van der Waals surface area contributed by atoms with Crippen LogP contribution >= 0.6 is 0 Å². The van der Waals surface area contributed by atoms with E-state index in [9.17, 15) is 13.2 Å². The van der Waals surface area contributed by atoms with Gasteiger partial charge in [0.2, 0.25) is 10.0 Å². The van der Waals surface area contributed by atoms with E-state index in [4.69, 9.17) is 4.42 Å². The van der Waals surface area contributed by atoms with Crippen LogP contribution in [0.25, 0.3) is 0 Å². The van der Waals surface area contributed by atoms with Crippen LogP contribution in [0.4, 0.5) is 0 Å². The lowest BCUT2D eigenvalue weighted by atomic mass is 10.1. The Kier molecular flexibility index (Phi) is 5.80. The quantitative estimate of drug-likeness (QED) is 0.832. The van der Waals surface area contributed by atoms with Gasteiger partial charge in [0.1, 0.15) is 5.76 Å². The minimum Gasteiger partial charge on any atom is -0.468 e. The highest BCUT2D eigenvalue weighted by Gasteiger charge is 2.17. The fraction of sp³-hybridized carbons (Fsp3) is 0.353. The van der Waals surface area contributed by atoms with Gasteiger partial charge in [-0.1, -0.05) is 13.8 Å². The first-order chi connectivity index (χ1) is 11.3. The van der Waals surface area contributed by atoms with E-state index in [-0.39, 0.29) is 17.3 Å². The number of nitrogens with one attached hydrogen (secondary N) is 1. The molecule has 0 aliphatic heterocycles. The van der Waals surface area contributed by atoms with Crippen LogP contribution in [0, 0.1) is 5.92 Å². The minimum absolute atomic E-state index is 0.0765. The Hall–Kier alpha value is -2.12. The van der Waals surface area contributed by atoms with Crippen molar-refractivity contribution in [3.05, 3.63) is 54.0 Å². The molecule has 2 aromatic rings. The van der Waals surface area contributed by atoms with Crippen molar-refractivity contribution in [3.8, 4) is 0 Å². The van der Waals surface area contributed by atoms with Crippen LogP contribution in [0.5, 0.6) is 0 Å². The molecule has 7 heteroatoms. The second-order valence-electron chi connectivity index (χ2n) is 6.01. The summed E-state index contributed by atoms with van der Waals surface area (Å²) in [6, 6.07) is 9.30.